The van der Waals surface area contributed by atoms with E-state index in [1.807, 2.05) is 33.2 Å². The molecule has 0 aromatic heterocycles. The molecule has 1 N–H and O–H groups in total. The number of benzene rings is 1. The molecular formula is C11H17NO. The highest BCUT2D eigenvalue weighted by atomic mass is 16.3. The Kier molecular flexibility index (Phi) is 2.94. The fourth-order valence-corrected chi connectivity index (χ4v) is 1.24. The van der Waals surface area contributed by atoms with Gasteiger partial charge in [0.2, 0.25) is 0 Å². The van der Waals surface area contributed by atoms with E-state index in [0.717, 1.165) is 5.56 Å². The van der Waals surface area contributed by atoms with Gasteiger partial charge in [-0.3, -0.25) is 0 Å². The van der Waals surface area contributed by atoms with Gasteiger partial charge in [-0.25, -0.2) is 0 Å². The predicted molar refractivity (Wildman–Crippen MR) is 54.9 cm³/mol. The maximum absolute atomic E-state index is 9.35. The van der Waals surface area contributed by atoms with Crippen LogP contribution in [0.2, 0.25) is 0 Å². The quantitative estimate of drug-likeness (QED) is 0.753. The number of nitrogens with zero attached hydrogens (tertiary/aromatic N) is 1. The molecule has 0 radical (unpaired) electrons. The molecule has 0 bridgehead atoms. The molecule has 0 saturated heterocycles. The Labute approximate surface area is 79.8 Å². The predicted octanol–water partition coefficient (Wildman–Crippen LogP) is 2.32. The lowest BCUT2D eigenvalue weighted by Gasteiger charge is -2.20. The van der Waals surface area contributed by atoms with Crippen molar-refractivity contribution in [2.75, 3.05) is 14.1 Å². The van der Waals surface area contributed by atoms with E-state index in [1.165, 1.54) is 5.56 Å². The standard InChI is InChI=1S/C11H17NO/c1-8-7-10(5-6-11(8)13)9(2)12(3)4/h5-7,9,13H,1-4H3. The first-order valence-electron chi connectivity index (χ1n) is 4.48. The van der Waals surface area contributed by atoms with E-state index in [4.69, 9.17) is 0 Å². The smallest absolute Gasteiger partial charge is 0.118 e. The second-order valence-corrected chi connectivity index (χ2v) is 3.69. The van der Waals surface area contributed by atoms with Gasteiger partial charge in [-0.15, -0.1) is 0 Å². The van der Waals surface area contributed by atoms with Crippen LogP contribution in [0.4, 0.5) is 0 Å². The molecule has 1 unspecified atom stereocenters. The monoisotopic (exact) mass is 179 g/mol. The average Bonchev–Trinajstić information content (AvgIpc) is 2.08. The zero-order chi connectivity index (χ0) is 10.0. The van der Waals surface area contributed by atoms with Gasteiger partial charge in [0.1, 0.15) is 5.75 Å². The van der Waals surface area contributed by atoms with Crippen molar-refractivity contribution in [3.8, 4) is 5.75 Å². The van der Waals surface area contributed by atoms with Crippen molar-refractivity contribution in [1.29, 1.82) is 0 Å². The first kappa shape index (κ1) is 10.1. The van der Waals surface area contributed by atoms with Gasteiger partial charge >= 0.3 is 0 Å². The van der Waals surface area contributed by atoms with E-state index in [-0.39, 0.29) is 0 Å². The van der Waals surface area contributed by atoms with Gasteiger partial charge in [-0.2, -0.15) is 0 Å². The molecule has 13 heavy (non-hydrogen) atoms. The number of phenols is 1. The lowest BCUT2D eigenvalue weighted by Crippen LogP contribution is -2.16. The van der Waals surface area contributed by atoms with E-state index < -0.39 is 0 Å². The van der Waals surface area contributed by atoms with Crippen LogP contribution in [0.5, 0.6) is 5.75 Å². The normalized spacial score (nSPS) is 13.3. The van der Waals surface area contributed by atoms with Crippen LogP contribution in [0.25, 0.3) is 0 Å². The highest BCUT2D eigenvalue weighted by Gasteiger charge is 2.08. The van der Waals surface area contributed by atoms with Gasteiger partial charge in [-0.05, 0) is 45.1 Å². The lowest BCUT2D eigenvalue weighted by molar-refractivity contribution is 0.320. The van der Waals surface area contributed by atoms with Gasteiger partial charge in [0.15, 0.2) is 0 Å². The van der Waals surface area contributed by atoms with Crippen LogP contribution in [-0.4, -0.2) is 24.1 Å². The lowest BCUT2D eigenvalue weighted by atomic mass is 10.0. The zero-order valence-corrected chi connectivity index (χ0v) is 8.70. The summed E-state index contributed by atoms with van der Waals surface area (Å²) in [4.78, 5) is 2.14. The van der Waals surface area contributed by atoms with Crippen molar-refractivity contribution >= 4 is 0 Å². The summed E-state index contributed by atoms with van der Waals surface area (Å²) in [6.07, 6.45) is 0. The van der Waals surface area contributed by atoms with Crippen molar-refractivity contribution in [2.45, 2.75) is 19.9 Å². The Hall–Kier alpha value is -1.02. The summed E-state index contributed by atoms with van der Waals surface area (Å²) < 4.78 is 0. The molecule has 0 spiro atoms. The SMILES string of the molecule is Cc1cc(C(C)N(C)C)ccc1O. The van der Waals surface area contributed by atoms with Gasteiger partial charge < -0.3 is 10.0 Å². The fourth-order valence-electron chi connectivity index (χ4n) is 1.24. The van der Waals surface area contributed by atoms with Crippen LogP contribution in [0.3, 0.4) is 0 Å². The number of rotatable bonds is 2. The van der Waals surface area contributed by atoms with E-state index in [1.54, 1.807) is 6.07 Å². The highest BCUT2D eigenvalue weighted by Crippen LogP contribution is 2.23. The maximum Gasteiger partial charge on any atom is 0.118 e. The van der Waals surface area contributed by atoms with Crippen LogP contribution < -0.4 is 0 Å². The largest absolute Gasteiger partial charge is 0.508 e. The Bertz CT molecular complexity index is 294. The molecule has 0 aliphatic heterocycles. The summed E-state index contributed by atoms with van der Waals surface area (Å²) in [5, 5.41) is 9.35. The minimum Gasteiger partial charge on any atom is -0.508 e. The Morgan fingerprint density at radius 3 is 2.38 bits per heavy atom. The summed E-state index contributed by atoms with van der Waals surface area (Å²) in [5.74, 6) is 0.370. The first-order valence-corrected chi connectivity index (χ1v) is 4.48. The number of hydrogen-bond acceptors (Lipinski definition) is 2. The van der Waals surface area contributed by atoms with Crippen molar-refractivity contribution in [1.82, 2.24) is 4.90 Å². The summed E-state index contributed by atoms with van der Waals surface area (Å²) in [6, 6.07) is 6.14. The molecule has 1 atom stereocenters. The zero-order valence-electron chi connectivity index (χ0n) is 8.70. The summed E-state index contributed by atoms with van der Waals surface area (Å²) in [7, 11) is 4.10. The van der Waals surface area contributed by atoms with E-state index >= 15 is 0 Å². The summed E-state index contributed by atoms with van der Waals surface area (Å²) in [5.41, 5.74) is 2.17. The van der Waals surface area contributed by atoms with Crippen LogP contribution >= 0.6 is 0 Å². The first-order chi connectivity index (χ1) is 6.02. The molecule has 1 aromatic rings. The number of phenolic OH excluding ortho intramolecular Hbond substituents is 1. The highest BCUT2D eigenvalue weighted by molar-refractivity contribution is 5.36. The third kappa shape index (κ3) is 2.22. The molecule has 1 rings (SSSR count). The van der Waals surface area contributed by atoms with Crippen LogP contribution in [0.15, 0.2) is 18.2 Å². The molecule has 0 saturated carbocycles. The number of aromatic hydroxyl groups is 1. The molecule has 0 aliphatic rings. The molecule has 0 aliphatic carbocycles. The van der Waals surface area contributed by atoms with Crippen molar-refractivity contribution in [3.63, 3.8) is 0 Å². The molecule has 0 heterocycles. The van der Waals surface area contributed by atoms with Crippen LogP contribution in [0.1, 0.15) is 24.1 Å². The van der Waals surface area contributed by atoms with E-state index in [2.05, 4.69) is 11.8 Å². The van der Waals surface area contributed by atoms with Crippen LogP contribution in [0, 0.1) is 6.92 Å². The van der Waals surface area contributed by atoms with Gasteiger partial charge in [0.05, 0.1) is 0 Å². The van der Waals surface area contributed by atoms with Crippen LogP contribution in [-0.2, 0) is 0 Å². The molecule has 0 amide bonds. The second-order valence-electron chi connectivity index (χ2n) is 3.69. The minimum absolute atomic E-state index is 0.370. The van der Waals surface area contributed by atoms with Gasteiger partial charge in [0.25, 0.3) is 0 Å². The molecule has 2 nitrogen and oxygen atoms in total. The molecular weight excluding hydrogens is 162 g/mol. The topological polar surface area (TPSA) is 23.5 Å². The average molecular weight is 179 g/mol. The third-order valence-electron chi connectivity index (χ3n) is 2.48. The van der Waals surface area contributed by atoms with Gasteiger partial charge in [0, 0.05) is 6.04 Å². The van der Waals surface area contributed by atoms with E-state index in [9.17, 15) is 5.11 Å². The number of aryl methyl sites for hydroxylation is 1. The summed E-state index contributed by atoms with van der Waals surface area (Å²) in [6.45, 7) is 4.06. The summed E-state index contributed by atoms with van der Waals surface area (Å²) >= 11 is 0. The third-order valence-corrected chi connectivity index (χ3v) is 2.48. The Balaban J connectivity index is 2.97. The number of hydrogen-bond donors (Lipinski definition) is 1. The second kappa shape index (κ2) is 3.79. The van der Waals surface area contributed by atoms with Crippen molar-refractivity contribution < 1.29 is 5.11 Å². The Morgan fingerprint density at radius 2 is 1.92 bits per heavy atom. The van der Waals surface area contributed by atoms with Crippen molar-refractivity contribution in [3.05, 3.63) is 29.3 Å². The minimum atomic E-state index is 0.370. The van der Waals surface area contributed by atoms with Gasteiger partial charge in [-0.1, -0.05) is 12.1 Å². The maximum atomic E-state index is 9.35. The molecule has 0 fully saturated rings. The van der Waals surface area contributed by atoms with Crippen molar-refractivity contribution in [2.24, 2.45) is 0 Å². The van der Waals surface area contributed by atoms with E-state index in [0.29, 0.717) is 11.8 Å². The molecule has 2 heteroatoms. The molecule has 72 valence electrons. The Morgan fingerprint density at radius 1 is 1.31 bits per heavy atom. The fraction of sp³-hybridized carbons (Fsp3) is 0.455. The molecule has 1 aromatic carbocycles.